The fourth-order valence-corrected chi connectivity index (χ4v) is 3.12. The summed E-state index contributed by atoms with van der Waals surface area (Å²) in [6, 6.07) is 10.5. The summed E-state index contributed by atoms with van der Waals surface area (Å²) >= 11 is 0. The Morgan fingerprint density at radius 3 is 2.48 bits per heavy atom. The van der Waals surface area contributed by atoms with Crippen molar-refractivity contribution < 1.29 is 4.79 Å². The highest BCUT2D eigenvalue weighted by Gasteiger charge is 2.32. The molecule has 1 aromatic carbocycles. The smallest absolute Gasteiger partial charge is 0.290 e. The lowest BCUT2D eigenvalue weighted by molar-refractivity contribution is 0.0383. The summed E-state index contributed by atoms with van der Waals surface area (Å²) in [6.45, 7) is 5.88. The predicted molar refractivity (Wildman–Crippen MR) is 91.2 cm³/mol. The number of likely N-dealkylation sites (N-methyl/N-ethyl adjacent to an activating group) is 1. The van der Waals surface area contributed by atoms with E-state index in [2.05, 4.69) is 30.8 Å². The lowest BCUT2D eigenvalue weighted by Gasteiger charge is -2.42. The molecule has 1 saturated heterocycles. The number of aryl methyl sites for hydroxylation is 1. The Labute approximate surface area is 137 Å². The van der Waals surface area contributed by atoms with Crippen molar-refractivity contribution in [1.29, 1.82) is 0 Å². The van der Waals surface area contributed by atoms with Gasteiger partial charge in [-0.1, -0.05) is 30.3 Å². The molecule has 1 aliphatic rings. The molecule has 122 valence electrons. The lowest BCUT2D eigenvalue weighted by atomic mass is 10.1. The number of hydrogen-bond acceptors (Lipinski definition) is 3. The van der Waals surface area contributed by atoms with Crippen molar-refractivity contribution in [2.45, 2.75) is 25.9 Å². The van der Waals surface area contributed by atoms with Crippen molar-refractivity contribution in [2.24, 2.45) is 7.05 Å². The Balaban J connectivity index is 1.87. The van der Waals surface area contributed by atoms with Gasteiger partial charge in [0, 0.05) is 44.0 Å². The molecule has 5 heteroatoms. The molecule has 0 radical (unpaired) electrons. The van der Waals surface area contributed by atoms with Crippen LogP contribution >= 0.6 is 0 Å². The molecule has 0 N–H and O–H groups in total. The maximum Gasteiger partial charge on any atom is 0.290 e. The quantitative estimate of drug-likeness (QED) is 0.854. The number of amides is 1. The van der Waals surface area contributed by atoms with Crippen LogP contribution in [0.15, 0.2) is 36.5 Å². The summed E-state index contributed by atoms with van der Waals surface area (Å²) in [5, 5.41) is 0. The average Bonchev–Trinajstić information content (AvgIpc) is 2.93. The summed E-state index contributed by atoms with van der Waals surface area (Å²) in [5.74, 6) is 0.523. The first-order chi connectivity index (χ1) is 11.0. The minimum absolute atomic E-state index is 0.0159. The van der Waals surface area contributed by atoms with Crippen LogP contribution in [0.1, 0.15) is 24.5 Å². The van der Waals surface area contributed by atoms with E-state index < -0.39 is 0 Å². The van der Waals surface area contributed by atoms with Gasteiger partial charge in [0.05, 0.1) is 5.69 Å². The monoisotopic (exact) mass is 312 g/mol. The van der Waals surface area contributed by atoms with Gasteiger partial charge >= 0.3 is 0 Å². The highest BCUT2D eigenvalue weighted by atomic mass is 16.2. The van der Waals surface area contributed by atoms with Crippen LogP contribution in [0.3, 0.4) is 0 Å². The number of aromatic nitrogens is 2. The van der Waals surface area contributed by atoms with Crippen LogP contribution in [0.2, 0.25) is 0 Å². The van der Waals surface area contributed by atoms with Gasteiger partial charge in [-0.2, -0.15) is 0 Å². The zero-order valence-electron chi connectivity index (χ0n) is 14.2. The normalized spacial score (nSPS) is 22.3. The highest BCUT2D eigenvalue weighted by Crippen LogP contribution is 2.21. The maximum atomic E-state index is 13.0. The van der Waals surface area contributed by atoms with Crippen molar-refractivity contribution in [3.05, 3.63) is 42.4 Å². The molecular weight excluding hydrogens is 288 g/mol. The van der Waals surface area contributed by atoms with E-state index >= 15 is 0 Å². The van der Waals surface area contributed by atoms with E-state index in [-0.39, 0.29) is 11.9 Å². The second kappa shape index (κ2) is 6.16. The third-order valence-electron chi connectivity index (χ3n) is 4.70. The van der Waals surface area contributed by atoms with E-state index in [1.807, 2.05) is 53.0 Å². The molecule has 0 bridgehead atoms. The number of carbonyl (C=O) groups is 1. The Morgan fingerprint density at radius 1 is 1.09 bits per heavy atom. The van der Waals surface area contributed by atoms with E-state index in [0.717, 1.165) is 24.3 Å². The molecule has 0 saturated carbocycles. The summed E-state index contributed by atoms with van der Waals surface area (Å²) in [7, 11) is 3.99. The molecule has 1 fully saturated rings. The fraction of sp³-hybridized carbons (Fsp3) is 0.444. The van der Waals surface area contributed by atoms with Crippen molar-refractivity contribution in [1.82, 2.24) is 19.4 Å². The van der Waals surface area contributed by atoms with Gasteiger partial charge < -0.3 is 9.47 Å². The van der Waals surface area contributed by atoms with Crippen LogP contribution in [-0.4, -0.2) is 57.5 Å². The van der Waals surface area contributed by atoms with E-state index in [1.165, 1.54) is 0 Å². The van der Waals surface area contributed by atoms with Crippen molar-refractivity contribution in [3.8, 4) is 11.3 Å². The molecule has 2 unspecified atom stereocenters. The molecule has 5 nitrogen and oxygen atoms in total. The first-order valence-electron chi connectivity index (χ1n) is 8.07. The molecule has 1 aliphatic heterocycles. The molecular formula is C18H24N4O. The summed E-state index contributed by atoms with van der Waals surface area (Å²) in [5.41, 5.74) is 1.87. The van der Waals surface area contributed by atoms with Gasteiger partial charge in [0.25, 0.3) is 5.91 Å². The number of rotatable bonds is 2. The third kappa shape index (κ3) is 3.01. The third-order valence-corrected chi connectivity index (χ3v) is 4.70. The van der Waals surface area contributed by atoms with Gasteiger partial charge in [-0.15, -0.1) is 0 Å². The van der Waals surface area contributed by atoms with Gasteiger partial charge in [-0.05, 0) is 20.9 Å². The zero-order chi connectivity index (χ0) is 16.6. The lowest BCUT2D eigenvalue weighted by Crippen LogP contribution is -2.57. The topological polar surface area (TPSA) is 41.4 Å². The Morgan fingerprint density at radius 2 is 1.78 bits per heavy atom. The minimum Gasteiger partial charge on any atom is -0.330 e. The average molecular weight is 312 g/mol. The van der Waals surface area contributed by atoms with Gasteiger partial charge in [0.15, 0.2) is 5.82 Å². The SMILES string of the molecule is CC1CN(C(=O)c2nc(-c3ccccc3)cn2C)C(C)CN1C. The maximum absolute atomic E-state index is 13.0. The number of carbonyl (C=O) groups excluding carboxylic acids is 1. The fourth-order valence-electron chi connectivity index (χ4n) is 3.12. The van der Waals surface area contributed by atoms with Gasteiger partial charge in [-0.3, -0.25) is 9.69 Å². The highest BCUT2D eigenvalue weighted by molar-refractivity contribution is 5.92. The predicted octanol–water partition coefficient (Wildman–Crippen LogP) is 2.25. The van der Waals surface area contributed by atoms with Gasteiger partial charge in [-0.25, -0.2) is 4.98 Å². The first kappa shape index (κ1) is 15.7. The summed E-state index contributed by atoms with van der Waals surface area (Å²) in [6.07, 6.45) is 1.92. The van der Waals surface area contributed by atoms with E-state index in [0.29, 0.717) is 11.9 Å². The molecule has 2 atom stereocenters. The number of benzene rings is 1. The van der Waals surface area contributed by atoms with Crippen molar-refractivity contribution >= 4 is 5.91 Å². The van der Waals surface area contributed by atoms with E-state index in [9.17, 15) is 4.79 Å². The standard InChI is InChI=1S/C18H24N4O/c1-13-11-22(14(2)10-20(13)3)18(23)17-19-16(12-21(17)4)15-8-6-5-7-9-15/h5-9,12-14H,10-11H2,1-4H3. The molecule has 0 spiro atoms. The van der Waals surface area contributed by atoms with Crippen LogP contribution in [-0.2, 0) is 7.05 Å². The second-order valence-electron chi connectivity index (χ2n) is 6.52. The van der Waals surface area contributed by atoms with Crippen LogP contribution in [0, 0.1) is 0 Å². The van der Waals surface area contributed by atoms with E-state index in [4.69, 9.17) is 0 Å². The number of nitrogens with zero attached hydrogens (tertiary/aromatic N) is 4. The zero-order valence-corrected chi connectivity index (χ0v) is 14.2. The van der Waals surface area contributed by atoms with Crippen LogP contribution in [0.4, 0.5) is 0 Å². The Hall–Kier alpha value is -2.14. The first-order valence-corrected chi connectivity index (χ1v) is 8.07. The summed E-state index contributed by atoms with van der Waals surface area (Å²) < 4.78 is 1.83. The molecule has 3 rings (SSSR count). The van der Waals surface area contributed by atoms with Crippen molar-refractivity contribution in [2.75, 3.05) is 20.1 Å². The van der Waals surface area contributed by atoms with Crippen molar-refractivity contribution in [3.63, 3.8) is 0 Å². The molecule has 1 aromatic heterocycles. The van der Waals surface area contributed by atoms with Gasteiger partial charge in [0.1, 0.15) is 0 Å². The molecule has 2 heterocycles. The second-order valence-corrected chi connectivity index (χ2v) is 6.52. The summed E-state index contributed by atoms with van der Waals surface area (Å²) in [4.78, 5) is 21.8. The number of imidazole rings is 1. The number of piperazine rings is 1. The largest absolute Gasteiger partial charge is 0.330 e. The molecule has 0 aliphatic carbocycles. The van der Waals surface area contributed by atoms with Gasteiger partial charge in [0.2, 0.25) is 0 Å². The molecule has 1 amide bonds. The van der Waals surface area contributed by atoms with Crippen LogP contribution < -0.4 is 0 Å². The minimum atomic E-state index is 0.0159. The molecule has 23 heavy (non-hydrogen) atoms. The Bertz CT molecular complexity index is 694. The number of hydrogen-bond donors (Lipinski definition) is 0. The van der Waals surface area contributed by atoms with Crippen LogP contribution in [0.5, 0.6) is 0 Å². The Kier molecular flexibility index (Phi) is 4.22. The van der Waals surface area contributed by atoms with E-state index in [1.54, 1.807) is 0 Å². The molecule has 2 aromatic rings. The van der Waals surface area contributed by atoms with Crippen LogP contribution in [0.25, 0.3) is 11.3 Å².